The van der Waals surface area contributed by atoms with Crippen molar-refractivity contribution in [2.75, 3.05) is 6.54 Å². The Labute approximate surface area is 101 Å². The van der Waals surface area contributed by atoms with Gasteiger partial charge in [-0.3, -0.25) is 4.68 Å². The zero-order valence-corrected chi connectivity index (χ0v) is 10.3. The minimum atomic E-state index is 0.757. The third-order valence-corrected chi connectivity index (χ3v) is 2.54. The van der Waals surface area contributed by atoms with Gasteiger partial charge in [0.05, 0.1) is 6.54 Å². The number of hydrogen-bond acceptors (Lipinski definition) is 4. The number of aromatic nitrogens is 3. The van der Waals surface area contributed by atoms with Crippen LogP contribution in [0.5, 0.6) is 0 Å². The third kappa shape index (κ3) is 3.42. The summed E-state index contributed by atoms with van der Waals surface area (Å²) in [5, 5.41) is 7.53. The summed E-state index contributed by atoms with van der Waals surface area (Å²) < 4.78 is 7.31. The van der Waals surface area contributed by atoms with Gasteiger partial charge in [-0.2, -0.15) is 5.10 Å². The van der Waals surface area contributed by atoms with E-state index in [0.717, 1.165) is 43.3 Å². The lowest BCUT2D eigenvalue weighted by Gasteiger charge is -2.00. The van der Waals surface area contributed by atoms with Crippen molar-refractivity contribution in [3.63, 3.8) is 0 Å². The largest absolute Gasteiger partial charge is 0.465 e. The maximum absolute atomic E-state index is 5.59. The van der Waals surface area contributed by atoms with Gasteiger partial charge in [-0.05, 0) is 12.1 Å². The van der Waals surface area contributed by atoms with Crippen molar-refractivity contribution in [1.29, 1.82) is 0 Å². The molecule has 0 fully saturated rings. The molecule has 0 saturated heterocycles. The fourth-order valence-corrected chi connectivity index (χ4v) is 1.62. The maximum Gasteiger partial charge on any atom is 0.151 e. The van der Waals surface area contributed by atoms with Crippen LogP contribution in [0.25, 0.3) is 0 Å². The number of rotatable bonds is 6. The summed E-state index contributed by atoms with van der Waals surface area (Å²) in [5.74, 6) is 2.89. The van der Waals surface area contributed by atoms with Gasteiger partial charge in [-0.15, -0.1) is 0 Å². The van der Waals surface area contributed by atoms with E-state index < -0.39 is 0 Å². The summed E-state index contributed by atoms with van der Waals surface area (Å²) in [6, 6.07) is 4.04. The van der Waals surface area contributed by atoms with E-state index in [1.165, 1.54) is 0 Å². The van der Waals surface area contributed by atoms with Gasteiger partial charge < -0.3 is 9.73 Å². The van der Waals surface area contributed by atoms with Crippen LogP contribution in [0.4, 0.5) is 0 Å². The van der Waals surface area contributed by atoms with E-state index in [2.05, 4.69) is 22.3 Å². The van der Waals surface area contributed by atoms with Gasteiger partial charge in [0, 0.05) is 26.4 Å². The van der Waals surface area contributed by atoms with Gasteiger partial charge in [0.1, 0.15) is 17.8 Å². The highest BCUT2D eigenvalue weighted by atomic mass is 16.3. The molecule has 0 bridgehead atoms. The minimum absolute atomic E-state index is 0.757. The lowest BCUT2D eigenvalue weighted by Crippen LogP contribution is -2.16. The molecule has 5 heteroatoms. The van der Waals surface area contributed by atoms with Crippen LogP contribution >= 0.6 is 0 Å². The molecule has 0 atom stereocenters. The molecule has 0 unspecified atom stereocenters. The van der Waals surface area contributed by atoms with Gasteiger partial charge in [-0.1, -0.05) is 6.92 Å². The average molecular weight is 234 g/mol. The molecule has 2 aromatic rings. The molecule has 5 nitrogen and oxygen atoms in total. The lowest BCUT2D eigenvalue weighted by molar-refractivity contribution is 0.451. The summed E-state index contributed by atoms with van der Waals surface area (Å²) in [7, 11) is 1.87. The van der Waals surface area contributed by atoms with Crippen molar-refractivity contribution >= 4 is 0 Å². The van der Waals surface area contributed by atoms with Crippen molar-refractivity contribution in [3.05, 3.63) is 35.8 Å². The maximum atomic E-state index is 5.59. The molecule has 0 amide bonds. The van der Waals surface area contributed by atoms with Crippen LogP contribution in [0.15, 0.2) is 22.9 Å². The zero-order chi connectivity index (χ0) is 12.1. The van der Waals surface area contributed by atoms with Crippen LogP contribution in [0, 0.1) is 0 Å². The molecule has 0 aliphatic carbocycles. The highest BCUT2D eigenvalue weighted by molar-refractivity contribution is 5.06. The molecule has 1 N–H and O–H groups in total. The summed E-state index contributed by atoms with van der Waals surface area (Å²) in [6.07, 6.45) is 3.50. The van der Waals surface area contributed by atoms with Gasteiger partial charge in [-0.25, -0.2) is 4.98 Å². The lowest BCUT2D eigenvalue weighted by atomic mass is 10.3. The van der Waals surface area contributed by atoms with Crippen LogP contribution in [0.3, 0.4) is 0 Å². The Hall–Kier alpha value is -1.62. The first-order valence-corrected chi connectivity index (χ1v) is 5.90. The Morgan fingerprint density at radius 1 is 1.35 bits per heavy atom. The SMILES string of the molecule is CCc1ccc(CNCCc2ncn(C)n2)o1. The third-order valence-electron chi connectivity index (χ3n) is 2.54. The van der Waals surface area contributed by atoms with Crippen molar-refractivity contribution in [2.45, 2.75) is 26.3 Å². The Morgan fingerprint density at radius 2 is 2.18 bits per heavy atom. The van der Waals surface area contributed by atoms with Gasteiger partial charge in [0.25, 0.3) is 0 Å². The van der Waals surface area contributed by atoms with E-state index in [1.54, 1.807) is 11.0 Å². The second-order valence-corrected chi connectivity index (χ2v) is 3.98. The van der Waals surface area contributed by atoms with E-state index in [4.69, 9.17) is 4.42 Å². The van der Waals surface area contributed by atoms with E-state index in [9.17, 15) is 0 Å². The molecule has 0 radical (unpaired) electrons. The van der Waals surface area contributed by atoms with Gasteiger partial charge >= 0.3 is 0 Å². The van der Waals surface area contributed by atoms with E-state index in [-0.39, 0.29) is 0 Å². The van der Waals surface area contributed by atoms with Crippen LogP contribution in [0.2, 0.25) is 0 Å². The molecule has 2 heterocycles. The molecule has 0 aliphatic rings. The number of aryl methyl sites for hydroxylation is 2. The quantitative estimate of drug-likeness (QED) is 0.765. The highest BCUT2D eigenvalue weighted by Gasteiger charge is 2.01. The average Bonchev–Trinajstić information content (AvgIpc) is 2.93. The molecule has 92 valence electrons. The Morgan fingerprint density at radius 3 is 2.82 bits per heavy atom. The van der Waals surface area contributed by atoms with Crippen molar-refractivity contribution in [1.82, 2.24) is 20.1 Å². The fraction of sp³-hybridized carbons (Fsp3) is 0.500. The molecular weight excluding hydrogens is 216 g/mol. The van der Waals surface area contributed by atoms with Crippen molar-refractivity contribution < 1.29 is 4.42 Å². The predicted molar refractivity (Wildman–Crippen MR) is 64.5 cm³/mol. The van der Waals surface area contributed by atoms with E-state index >= 15 is 0 Å². The van der Waals surface area contributed by atoms with Gasteiger partial charge in [0.2, 0.25) is 0 Å². The highest BCUT2D eigenvalue weighted by Crippen LogP contribution is 2.07. The second kappa shape index (κ2) is 5.63. The number of nitrogens with zero attached hydrogens (tertiary/aromatic N) is 3. The summed E-state index contributed by atoms with van der Waals surface area (Å²) in [6.45, 7) is 3.70. The molecule has 0 spiro atoms. The van der Waals surface area contributed by atoms with Crippen LogP contribution < -0.4 is 5.32 Å². The molecule has 0 aromatic carbocycles. The first-order valence-electron chi connectivity index (χ1n) is 5.90. The molecule has 2 rings (SSSR count). The second-order valence-electron chi connectivity index (χ2n) is 3.98. The molecule has 17 heavy (non-hydrogen) atoms. The monoisotopic (exact) mass is 234 g/mol. The van der Waals surface area contributed by atoms with Crippen LogP contribution in [0.1, 0.15) is 24.3 Å². The Bertz CT molecular complexity index is 461. The van der Waals surface area contributed by atoms with E-state index in [0.29, 0.717) is 0 Å². The zero-order valence-electron chi connectivity index (χ0n) is 10.3. The van der Waals surface area contributed by atoms with Crippen molar-refractivity contribution in [2.24, 2.45) is 7.05 Å². The summed E-state index contributed by atoms with van der Waals surface area (Å²) >= 11 is 0. The molecule has 2 aromatic heterocycles. The minimum Gasteiger partial charge on any atom is -0.465 e. The first kappa shape index (κ1) is 11.9. The molecule has 0 aliphatic heterocycles. The van der Waals surface area contributed by atoms with Gasteiger partial charge in [0.15, 0.2) is 5.82 Å². The molecular formula is C12H18N4O. The number of furan rings is 1. The van der Waals surface area contributed by atoms with E-state index in [1.807, 2.05) is 19.2 Å². The fourth-order valence-electron chi connectivity index (χ4n) is 1.62. The standard InChI is InChI=1S/C12H18N4O/c1-3-10-4-5-11(17-10)8-13-7-6-12-14-9-16(2)15-12/h4-5,9,13H,3,6-8H2,1-2H3. The smallest absolute Gasteiger partial charge is 0.151 e. The topological polar surface area (TPSA) is 55.9 Å². The first-order chi connectivity index (χ1) is 8.28. The summed E-state index contributed by atoms with van der Waals surface area (Å²) in [4.78, 5) is 4.17. The number of nitrogens with one attached hydrogen (secondary N) is 1. The Balaban J connectivity index is 1.69. The van der Waals surface area contributed by atoms with Crippen LogP contribution in [-0.2, 0) is 26.4 Å². The summed E-state index contributed by atoms with van der Waals surface area (Å²) in [5.41, 5.74) is 0. The van der Waals surface area contributed by atoms with Crippen LogP contribution in [-0.4, -0.2) is 21.3 Å². The van der Waals surface area contributed by atoms with Crippen molar-refractivity contribution in [3.8, 4) is 0 Å². The predicted octanol–water partition coefficient (Wildman–Crippen LogP) is 1.30. The normalized spacial score (nSPS) is 10.9. The number of hydrogen-bond donors (Lipinski definition) is 1. The molecule has 0 saturated carbocycles. The Kier molecular flexibility index (Phi) is 3.93.